The molecule has 5 heteroatoms. The highest BCUT2D eigenvalue weighted by Gasteiger charge is 2.36. The molecule has 51 heavy (non-hydrogen) atoms. The summed E-state index contributed by atoms with van der Waals surface area (Å²) in [4.78, 5) is 2.33. The van der Waals surface area contributed by atoms with Gasteiger partial charge in [-0.05, 0) is 108 Å². The van der Waals surface area contributed by atoms with Crippen molar-refractivity contribution in [3.8, 4) is 12.1 Å². The number of halogens is 1. The minimum atomic E-state index is -0.0514. The lowest BCUT2D eigenvalue weighted by molar-refractivity contribution is 0.632. The second kappa shape index (κ2) is 14.3. The van der Waals surface area contributed by atoms with Crippen LogP contribution in [0.4, 0.5) is 28.4 Å². The second-order valence-electron chi connectivity index (χ2n) is 14.0. The van der Waals surface area contributed by atoms with E-state index in [9.17, 15) is 5.26 Å². The number of anilines is 5. The van der Waals surface area contributed by atoms with Gasteiger partial charge in [-0.3, -0.25) is 0 Å². The Bertz CT molecular complexity index is 2230. The molecule has 2 aliphatic rings. The highest BCUT2D eigenvalue weighted by molar-refractivity contribution is 9.10. The molecule has 0 atom stereocenters. The molecule has 6 aromatic rings. The number of nitrogens with zero attached hydrogens (tertiary/aromatic N) is 3. The molecule has 0 aromatic heterocycles. The third-order valence-corrected chi connectivity index (χ3v) is 10.9. The number of benzene rings is 6. The summed E-state index contributed by atoms with van der Waals surface area (Å²) in [6.45, 7) is 13.2. The van der Waals surface area contributed by atoms with Crippen molar-refractivity contribution in [2.24, 2.45) is 0 Å². The standard InChI is InChI=1S/C23H20N2.C15H15N.C8H6BrN/c1-16-14-17(15-24)12-13-20(16)25-21-10-6-4-8-18(21)23(2,3)19-9-5-7-11-22(19)25;1-15(2)11-7-3-5-9-13(11)16-14-10-6-4-8-12(14)15;1-6-4-7(5-10)2-3-8(6)9/h4-14H,1-3H3;3-10,16H,1-2H3;2-4H,1H3. The molecule has 0 unspecified atom stereocenters. The maximum atomic E-state index is 9.18. The molecule has 0 spiro atoms. The van der Waals surface area contributed by atoms with E-state index in [1.807, 2.05) is 31.2 Å². The van der Waals surface area contributed by atoms with E-state index < -0.39 is 0 Å². The molecule has 0 radical (unpaired) electrons. The lowest BCUT2D eigenvalue weighted by Crippen LogP contribution is -2.30. The Labute approximate surface area is 310 Å². The normalized spacial score (nSPS) is 13.8. The first kappa shape index (κ1) is 35.2. The van der Waals surface area contributed by atoms with E-state index in [2.05, 4.69) is 176 Å². The van der Waals surface area contributed by atoms with Crippen LogP contribution in [0.3, 0.4) is 0 Å². The van der Waals surface area contributed by atoms with Gasteiger partial charge >= 0.3 is 0 Å². The fourth-order valence-electron chi connectivity index (χ4n) is 7.18. The van der Waals surface area contributed by atoms with Crippen molar-refractivity contribution in [1.29, 1.82) is 10.5 Å². The minimum Gasteiger partial charge on any atom is -0.355 e. The zero-order valence-electron chi connectivity index (χ0n) is 29.9. The molecule has 252 valence electrons. The molecule has 0 amide bonds. The molecule has 0 aliphatic carbocycles. The lowest BCUT2D eigenvalue weighted by Gasteiger charge is -2.42. The van der Waals surface area contributed by atoms with Gasteiger partial charge in [0.05, 0.1) is 34.6 Å². The van der Waals surface area contributed by atoms with E-state index in [4.69, 9.17) is 5.26 Å². The van der Waals surface area contributed by atoms with E-state index >= 15 is 0 Å². The molecule has 0 saturated heterocycles. The van der Waals surface area contributed by atoms with Crippen LogP contribution in [-0.2, 0) is 10.8 Å². The van der Waals surface area contributed by atoms with Crippen LogP contribution in [0.25, 0.3) is 0 Å². The van der Waals surface area contributed by atoms with Crippen molar-refractivity contribution >= 4 is 44.4 Å². The van der Waals surface area contributed by atoms with Gasteiger partial charge in [-0.1, -0.05) is 116 Å². The Kier molecular flexibility index (Phi) is 9.88. The summed E-state index contributed by atoms with van der Waals surface area (Å²) in [5.41, 5.74) is 15.0. The summed E-state index contributed by atoms with van der Waals surface area (Å²) >= 11 is 3.35. The topological polar surface area (TPSA) is 62.9 Å². The van der Waals surface area contributed by atoms with Crippen LogP contribution in [0, 0.1) is 36.5 Å². The molecule has 0 fully saturated rings. The van der Waals surface area contributed by atoms with Crippen molar-refractivity contribution in [2.75, 3.05) is 10.2 Å². The van der Waals surface area contributed by atoms with Gasteiger partial charge in [-0.15, -0.1) is 0 Å². The minimum absolute atomic E-state index is 0.0514. The molecule has 1 N–H and O–H groups in total. The number of para-hydroxylation sites is 4. The van der Waals surface area contributed by atoms with E-state index in [1.165, 1.54) is 45.0 Å². The summed E-state index contributed by atoms with van der Waals surface area (Å²) in [5, 5.41) is 21.2. The summed E-state index contributed by atoms with van der Waals surface area (Å²) in [6.07, 6.45) is 0. The summed E-state index contributed by atoms with van der Waals surface area (Å²) in [6, 6.07) is 50.0. The summed E-state index contributed by atoms with van der Waals surface area (Å²) in [5.74, 6) is 0. The largest absolute Gasteiger partial charge is 0.355 e. The van der Waals surface area contributed by atoms with Crippen molar-refractivity contribution in [2.45, 2.75) is 52.4 Å². The first-order valence-electron chi connectivity index (χ1n) is 17.1. The lowest BCUT2D eigenvalue weighted by atomic mass is 9.73. The van der Waals surface area contributed by atoms with Crippen LogP contribution in [0.1, 0.15) is 72.2 Å². The fourth-order valence-corrected chi connectivity index (χ4v) is 7.43. The number of hydrogen-bond acceptors (Lipinski definition) is 4. The van der Waals surface area contributed by atoms with Gasteiger partial charge in [0.1, 0.15) is 0 Å². The van der Waals surface area contributed by atoms with E-state index in [1.54, 1.807) is 6.07 Å². The van der Waals surface area contributed by atoms with Crippen LogP contribution in [0.5, 0.6) is 0 Å². The third kappa shape index (κ3) is 6.79. The quantitative estimate of drug-likeness (QED) is 0.183. The third-order valence-electron chi connectivity index (χ3n) is 9.96. The fraction of sp³-hybridized carbons (Fsp3) is 0.174. The number of aryl methyl sites for hydroxylation is 2. The Morgan fingerprint density at radius 3 is 1.39 bits per heavy atom. The van der Waals surface area contributed by atoms with Crippen LogP contribution in [0.2, 0.25) is 0 Å². The van der Waals surface area contributed by atoms with E-state index in [0.717, 1.165) is 21.3 Å². The van der Waals surface area contributed by atoms with E-state index in [0.29, 0.717) is 11.1 Å². The molecular weight excluding hydrogens is 688 g/mol. The van der Waals surface area contributed by atoms with Gasteiger partial charge in [0, 0.05) is 32.4 Å². The SMILES string of the molecule is CC1(C)c2ccccc2Nc2ccccc21.Cc1cc(C#N)ccc1Br.Cc1cc(C#N)ccc1N1c2ccccc2C(C)(C)c2ccccc21. The molecule has 2 aliphatic heterocycles. The van der Waals surface area contributed by atoms with Crippen LogP contribution >= 0.6 is 15.9 Å². The van der Waals surface area contributed by atoms with Gasteiger partial charge in [-0.25, -0.2) is 0 Å². The molecule has 6 aromatic carbocycles. The Morgan fingerprint density at radius 1 is 0.510 bits per heavy atom. The number of fused-ring (bicyclic) bond motifs is 4. The van der Waals surface area contributed by atoms with Gasteiger partial charge < -0.3 is 10.2 Å². The van der Waals surface area contributed by atoms with Crippen LogP contribution < -0.4 is 10.2 Å². The first-order chi connectivity index (χ1) is 24.5. The number of nitrogens with one attached hydrogen (secondary N) is 1. The van der Waals surface area contributed by atoms with Crippen molar-refractivity contribution < 1.29 is 0 Å². The second-order valence-corrected chi connectivity index (χ2v) is 14.9. The zero-order chi connectivity index (χ0) is 36.3. The zero-order valence-corrected chi connectivity index (χ0v) is 31.5. The van der Waals surface area contributed by atoms with Gasteiger partial charge in [0.15, 0.2) is 0 Å². The van der Waals surface area contributed by atoms with E-state index in [-0.39, 0.29) is 10.8 Å². The molecule has 2 heterocycles. The van der Waals surface area contributed by atoms with Gasteiger partial charge in [0.25, 0.3) is 0 Å². The predicted molar refractivity (Wildman–Crippen MR) is 215 cm³/mol. The van der Waals surface area contributed by atoms with Gasteiger partial charge in [0.2, 0.25) is 0 Å². The van der Waals surface area contributed by atoms with Crippen LogP contribution in [0.15, 0.2) is 138 Å². The number of nitriles is 2. The highest BCUT2D eigenvalue weighted by atomic mass is 79.9. The smallest absolute Gasteiger partial charge is 0.0991 e. The maximum absolute atomic E-state index is 9.18. The van der Waals surface area contributed by atoms with Gasteiger partial charge in [-0.2, -0.15) is 10.5 Å². The molecule has 0 saturated carbocycles. The first-order valence-corrected chi connectivity index (χ1v) is 17.9. The van der Waals surface area contributed by atoms with Crippen molar-refractivity contribution in [3.05, 3.63) is 182 Å². The Balaban J connectivity index is 0.000000147. The summed E-state index contributed by atoms with van der Waals surface area (Å²) in [7, 11) is 0. The molecule has 8 rings (SSSR count). The molecule has 0 bridgehead atoms. The number of hydrogen-bond donors (Lipinski definition) is 1. The summed E-state index contributed by atoms with van der Waals surface area (Å²) < 4.78 is 1.05. The predicted octanol–water partition coefficient (Wildman–Crippen LogP) is 12.7. The highest BCUT2D eigenvalue weighted by Crippen LogP contribution is 2.52. The molecule has 4 nitrogen and oxygen atoms in total. The van der Waals surface area contributed by atoms with Crippen molar-refractivity contribution in [1.82, 2.24) is 0 Å². The number of rotatable bonds is 1. The Hall–Kier alpha value is -5.62. The average Bonchev–Trinajstić information content (AvgIpc) is 3.14. The average molecular weight is 730 g/mol. The van der Waals surface area contributed by atoms with Crippen molar-refractivity contribution in [3.63, 3.8) is 0 Å². The van der Waals surface area contributed by atoms with Crippen LogP contribution in [-0.4, -0.2) is 0 Å². The molecular formula is C46H41BrN4. The maximum Gasteiger partial charge on any atom is 0.0991 e. The Morgan fingerprint density at radius 2 is 0.922 bits per heavy atom. The monoisotopic (exact) mass is 728 g/mol.